The van der Waals surface area contributed by atoms with E-state index in [1.807, 2.05) is 6.07 Å². The molecule has 6 heteroatoms. The van der Waals surface area contributed by atoms with Crippen LogP contribution in [0.4, 0.5) is 0 Å². The molecule has 0 aromatic heterocycles. The molecule has 0 radical (unpaired) electrons. The van der Waals surface area contributed by atoms with Crippen LogP contribution in [-0.4, -0.2) is 47.6 Å². The van der Waals surface area contributed by atoms with Gasteiger partial charge in [0.15, 0.2) is 0 Å². The van der Waals surface area contributed by atoms with Crippen molar-refractivity contribution in [1.82, 2.24) is 10.2 Å². The molecule has 0 spiro atoms. The fourth-order valence-electron chi connectivity index (χ4n) is 2.63. The third-order valence-corrected chi connectivity index (χ3v) is 3.73. The van der Waals surface area contributed by atoms with E-state index in [2.05, 4.69) is 5.32 Å². The lowest BCUT2D eigenvalue weighted by Crippen LogP contribution is -2.48. The second-order valence-electron chi connectivity index (χ2n) is 5.21. The molecule has 1 aromatic carbocycles. The van der Waals surface area contributed by atoms with E-state index in [9.17, 15) is 9.59 Å². The van der Waals surface area contributed by atoms with Crippen molar-refractivity contribution in [2.24, 2.45) is 5.73 Å². The number of benzene rings is 1. The van der Waals surface area contributed by atoms with Gasteiger partial charge in [0.2, 0.25) is 0 Å². The Morgan fingerprint density at radius 2 is 2.05 bits per heavy atom. The highest BCUT2D eigenvalue weighted by atomic mass is 16.4. The van der Waals surface area contributed by atoms with Gasteiger partial charge >= 0.3 is 5.97 Å². The Balaban J connectivity index is 2.21. The third-order valence-electron chi connectivity index (χ3n) is 3.73. The summed E-state index contributed by atoms with van der Waals surface area (Å²) in [5, 5.41) is 12.3. The number of hydrogen-bond acceptors (Lipinski definition) is 4. The highest BCUT2D eigenvalue weighted by Crippen LogP contribution is 2.16. The molecular weight excluding hydrogens is 270 g/mol. The summed E-state index contributed by atoms with van der Waals surface area (Å²) in [5.74, 6) is -1.23. The number of aliphatic carboxylic acids is 1. The van der Waals surface area contributed by atoms with Gasteiger partial charge < -0.3 is 21.1 Å². The molecule has 2 rings (SSSR count). The zero-order valence-electron chi connectivity index (χ0n) is 11.9. The molecule has 0 aliphatic carbocycles. The van der Waals surface area contributed by atoms with E-state index in [-0.39, 0.29) is 18.5 Å². The quantitative estimate of drug-likeness (QED) is 0.731. The maximum atomic E-state index is 12.6. The number of nitrogens with two attached hydrogens (primary N) is 1. The highest BCUT2D eigenvalue weighted by Gasteiger charge is 2.27. The Morgan fingerprint density at radius 1 is 1.33 bits per heavy atom. The molecule has 1 aliphatic heterocycles. The van der Waals surface area contributed by atoms with Crippen LogP contribution in [0.25, 0.3) is 0 Å². The maximum Gasteiger partial charge on any atom is 0.323 e. The van der Waals surface area contributed by atoms with E-state index in [0.29, 0.717) is 12.1 Å². The molecule has 1 aliphatic rings. The molecule has 21 heavy (non-hydrogen) atoms. The zero-order valence-corrected chi connectivity index (χ0v) is 11.9. The van der Waals surface area contributed by atoms with E-state index in [4.69, 9.17) is 10.8 Å². The standard InChI is InChI=1S/C15H21N3O3/c16-9-11-2-1-3-12(8-11)15(21)18(10-14(19)20)13-4-6-17-7-5-13/h1-3,8,13,17H,4-7,9-10,16H2,(H,19,20). The Kier molecular flexibility index (Phi) is 5.30. The lowest BCUT2D eigenvalue weighted by atomic mass is 10.0. The van der Waals surface area contributed by atoms with Crippen LogP contribution in [0.5, 0.6) is 0 Å². The number of carbonyl (C=O) groups is 2. The number of carboxylic acid groups (broad SMARTS) is 1. The molecule has 0 unspecified atom stereocenters. The minimum Gasteiger partial charge on any atom is -0.480 e. The lowest BCUT2D eigenvalue weighted by Gasteiger charge is -2.33. The van der Waals surface area contributed by atoms with Crippen LogP contribution in [0.3, 0.4) is 0 Å². The summed E-state index contributed by atoms with van der Waals surface area (Å²) in [6.45, 7) is 1.69. The summed E-state index contributed by atoms with van der Waals surface area (Å²) >= 11 is 0. The number of carbonyl (C=O) groups excluding carboxylic acids is 1. The van der Waals surface area contributed by atoms with E-state index < -0.39 is 5.97 Å². The Hall–Kier alpha value is -1.92. The van der Waals surface area contributed by atoms with Gasteiger partial charge in [0.25, 0.3) is 5.91 Å². The molecule has 0 atom stereocenters. The molecule has 1 heterocycles. The van der Waals surface area contributed by atoms with E-state index in [1.54, 1.807) is 18.2 Å². The van der Waals surface area contributed by atoms with Gasteiger partial charge in [0.05, 0.1) is 0 Å². The van der Waals surface area contributed by atoms with Gasteiger partial charge in [0, 0.05) is 18.2 Å². The fourth-order valence-corrected chi connectivity index (χ4v) is 2.63. The fraction of sp³-hybridized carbons (Fsp3) is 0.467. The van der Waals surface area contributed by atoms with Crippen LogP contribution in [0, 0.1) is 0 Å². The molecule has 0 bridgehead atoms. The van der Waals surface area contributed by atoms with Crippen LogP contribution in [0.15, 0.2) is 24.3 Å². The number of carboxylic acids is 1. The predicted molar refractivity (Wildman–Crippen MR) is 78.9 cm³/mol. The van der Waals surface area contributed by atoms with Crippen LogP contribution in [-0.2, 0) is 11.3 Å². The van der Waals surface area contributed by atoms with Crippen molar-refractivity contribution in [2.45, 2.75) is 25.4 Å². The van der Waals surface area contributed by atoms with E-state index in [0.717, 1.165) is 31.5 Å². The highest BCUT2D eigenvalue weighted by molar-refractivity contribution is 5.96. The second-order valence-corrected chi connectivity index (χ2v) is 5.21. The molecular formula is C15H21N3O3. The topological polar surface area (TPSA) is 95.7 Å². The lowest BCUT2D eigenvalue weighted by molar-refractivity contribution is -0.138. The molecule has 114 valence electrons. The largest absolute Gasteiger partial charge is 0.480 e. The van der Waals surface area contributed by atoms with Crippen molar-refractivity contribution in [2.75, 3.05) is 19.6 Å². The monoisotopic (exact) mass is 291 g/mol. The van der Waals surface area contributed by atoms with Crippen molar-refractivity contribution >= 4 is 11.9 Å². The van der Waals surface area contributed by atoms with Gasteiger partial charge in [-0.05, 0) is 43.6 Å². The number of hydrogen-bond donors (Lipinski definition) is 3. The summed E-state index contributed by atoms with van der Waals surface area (Å²) < 4.78 is 0. The average molecular weight is 291 g/mol. The maximum absolute atomic E-state index is 12.6. The van der Waals surface area contributed by atoms with Crippen LogP contribution >= 0.6 is 0 Å². The Morgan fingerprint density at radius 3 is 2.67 bits per heavy atom. The van der Waals surface area contributed by atoms with E-state index in [1.165, 1.54) is 4.90 Å². The first-order valence-corrected chi connectivity index (χ1v) is 7.14. The van der Waals surface area contributed by atoms with Gasteiger partial charge in [-0.3, -0.25) is 9.59 Å². The van der Waals surface area contributed by atoms with Crippen molar-refractivity contribution < 1.29 is 14.7 Å². The molecule has 4 N–H and O–H groups in total. The summed E-state index contributed by atoms with van der Waals surface area (Å²) in [4.78, 5) is 25.2. The SMILES string of the molecule is NCc1cccc(C(=O)N(CC(=O)O)C2CCNCC2)c1. The molecule has 1 aromatic rings. The number of nitrogens with one attached hydrogen (secondary N) is 1. The minimum atomic E-state index is -0.989. The van der Waals surface area contributed by atoms with Crippen molar-refractivity contribution in [3.63, 3.8) is 0 Å². The first kappa shape index (κ1) is 15.5. The molecule has 6 nitrogen and oxygen atoms in total. The number of piperidine rings is 1. The van der Waals surface area contributed by atoms with Gasteiger partial charge in [-0.25, -0.2) is 0 Å². The van der Waals surface area contributed by atoms with Gasteiger partial charge in [-0.2, -0.15) is 0 Å². The molecule has 1 fully saturated rings. The molecule has 1 saturated heterocycles. The van der Waals surface area contributed by atoms with Crippen molar-refractivity contribution in [3.8, 4) is 0 Å². The summed E-state index contributed by atoms with van der Waals surface area (Å²) in [6, 6.07) is 7.03. The van der Waals surface area contributed by atoms with Crippen LogP contribution in [0.1, 0.15) is 28.8 Å². The number of amides is 1. The molecule has 0 saturated carbocycles. The smallest absolute Gasteiger partial charge is 0.323 e. The minimum absolute atomic E-state index is 0.0311. The van der Waals surface area contributed by atoms with Crippen LogP contribution < -0.4 is 11.1 Å². The average Bonchev–Trinajstić information content (AvgIpc) is 2.52. The Bertz CT molecular complexity index is 513. The van der Waals surface area contributed by atoms with Crippen molar-refractivity contribution in [1.29, 1.82) is 0 Å². The predicted octanol–water partition coefficient (Wildman–Crippen LogP) is 0.424. The molecule has 1 amide bonds. The van der Waals surface area contributed by atoms with Crippen molar-refractivity contribution in [3.05, 3.63) is 35.4 Å². The normalized spacial score (nSPS) is 15.7. The van der Waals surface area contributed by atoms with Gasteiger partial charge in [-0.1, -0.05) is 12.1 Å². The van der Waals surface area contributed by atoms with Gasteiger partial charge in [0.1, 0.15) is 6.54 Å². The van der Waals surface area contributed by atoms with E-state index >= 15 is 0 Å². The third kappa shape index (κ3) is 4.03. The number of rotatable bonds is 5. The zero-order chi connectivity index (χ0) is 15.2. The summed E-state index contributed by atoms with van der Waals surface area (Å²) in [6.07, 6.45) is 1.55. The first-order chi connectivity index (χ1) is 10.1. The second kappa shape index (κ2) is 7.19. The number of nitrogens with zero attached hydrogens (tertiary/aromatic N) is 1. The summed E-state index contributed by atoms with van der Waals surface area (Å²) in [5.41, 5.74) is 6.95. The summed E-state index contributed by atoms with van der Waals surface area (Å²) in [7, 11) is 0. The van der Waals surface area contributed by atoms with Gasteiger partial charge in [-0.15, -0.1) is 0 Å². The van der Waals surface area contributed by atoms with Crippen LogP contribution in [0.2, 0.25) is 0 Å². The Labute approximate surface area is 123 Å². The first-order valence-electron chi connectivity index (χ1n) is 7.14.